The first kappa shape index (κ1) is 23.5. The van der Waals surface area contributed by atoms with Gasteiger partial charge in [-0.05, 0) is 42.8 Å². The predicted octanol–water partition coefficient (Wildman–Crippen LogP) is 5.45. The van der Waals surface area contributed by atoms with Crippen LogP contribution >= 0.6 is 0 Å². The molecule has 0 bridgehead atoms. The number of hydrogen-bond donors (Lipinski definition) is 0. The number of rotatable bonds is 10. The maximum atomic E-state index is 13.6. The Morgan fingerprint density at radius 1 is 0.853 bits per heavy atom. The van der Waals surface area contributed by atoms with E-state index in [-0.39, 0.29) is 23.8 Å². The van der Waals surface area contributed by atoms with Crippen LogP contribution in [0.1, 0.15) is 34.2 Å². The van der Waals surface area contributed by atoms with Crippen LogP contribution in [0, 0.1) is 0 Å². The van der Waals surface area contributed by atoms with Crippen molar-refractivity contribution in [3.05, 3.63) is 120 Å². The van der Waals surface area contributed by atoms with Crippen molar-refractivity contribution in [1.29, 1.82) is 0 Å². The van der Waals surface area contributed by atoms with Crippen molar-refractivity contribution in [3.63, 3.8) is 0 Å². The molecular weight excluding hydrogens is 450 g/mol. The molecule has 34 heavy (non-hydrogen) atoms. The van der Waals surface area contributed by atoms with Gasteiger partial charge in [-0.25, -0.2) is 8.42 Å². The van der Waals surface area contributed by atoms with E-state index >= 15 is 0 Å². The molecule has 0 saturated carbocycles. The van der Waals surface area contributed by atoms with Gasteiger partial charge in [0.2, 0.25) is 10.0 Å². The molecule has 0 unspecified atom stereocenters. The van der Waals surface area contributed by atoms with Gasteiger partial charge in [-0.15, -0.1) is 0 Å². The first-order valence-corrected chi connectivity index (χ1v) is 12.3. The fourth-order valence-corrected chi connectivity index (χ4v) is 4.90. The van der Waals surface area contributed by atoms with Crippen LogP contribution < -0.4 is 4.74 Å². The zero-order valence-corrected chi connectivity index (χ0v) is 19.6. The highest BCUT2D eigenvalue weighted by molar-refractivity contribution is 7.89. The maximum absolute atomic E-state index is 13.6. The zero-order chi connectivity index (χ0) is 24.0. The van der Waals surface area contributed by atoms with Gasteiger partial charge < -0.3 is 9.15 Å². The number of nitrogens with zero attached hydrogens (tertiary/aromatic N) is 1. The van der Waals surface area contributed by atoms with Crippen molar-refractivity contribution in [1.82, 2.24) is 4.31 Å². The van der Waals surface area contributed by atoms with Crippen molar-refractivity contribution in [2.24, 2.45) is 0 Å². The van der Waals surface area contributed by atoms with Gasteiger partial charge in [-0.2, -0.15) is 4.31 Å². The van der Waals surface area contributed by atoms with Crippen molar-refractivity contribution in [2.75, 3.05) is 0 Å². The molecule has 0 radical (unpaired) electrons. The van der Waals surface area contributed by atoms with E-state index in [2.05, 4.69) is 0 Å². The molecule has 1 heterocycles. The number of furan rings is 1. The minimum Gasteiger partial charge on any atom is -0.489 e. The van der Waals surface area contributed by atoms with Gasteiger partial charge in [0.05, 0.1) is 17.7 Å². The Morgan fingerprint density at radius 2 is 1.56 bits per heavy atom. The van der Waals surface area contributed by atoms with Crippen molar-refractivity contribution < 1.29 is 22.4 Å². The number of carbonyl (C=O) groups excluding carboxylic acids is 1. The first-order chi connectivity index (χ1) is 16.4. The molecule has 3 aromatic carbocycles. The number of Topliss-reactive ketones (excluding diaryl/α,β-unsaturated/α-hetero) is 1. The predicted molar refractivity (Wildman–Crippen MR) is 129 cm³/mol. The number of ether oxygens (including phenoxy) is 1. The number of sulfonamides is 1. The Labute approximate surface area is 199 Å². The standard InChI is InChI=1S/C27H25NO5S/c1-21(29)23-13-15-26(16-14-23)34(30,31)28(19-25-11-7-17-32-25)18-24-10-5-6-12-27(24)33-20-22-8-3-2-4-9-22/h2-17H,18-20H2,1H3. The maximum Gasteiger partial charge on any atom is 0.243 e. The highest BCUT2D eigenvalue weighted by atomic mass is 32.2. The Hall–Kier alpha value is -3.68. The third-order valence-corrected chi connectivity index (χ3v) is 7.17. The lowest BCUT2D eigenvalue weighted by Gasteiger charge is -2.23. The second-order valence-electron chi connectivity index (χ2n) is 7.82. The van der Waals surface area contributed by atoms with E-state index in [1.807, 2.05) is 54.6 Å². The SMILES string of the molecule is CC(=O)c1ccc(S(=O)(=O)N(Cc2ccco2)Cc2ccccc2OCc2ccccc2)cc1. The molecule has 0 aliphatic rings. The third kappa shape index (κ3) is 5.62. The van der Waals surface area contributed by atoms with E-state index in [4.69, 9.17) is 9.15 Å². The summed E-state index contributed by atoms with van der Waals surface area (Å²) in [6, 6.07) is 26.6. The quantitative estimate of drug-likeness (QED) is 0.285. The first-order valence-electron chi connectivity index (χ1n) is 10.8. The summed E-state index contributed by atoms with van der Waals surface area (Å²) in [5.74, 6) is 1.01. The summed E-state index contributed by atoms with van der Waals surface area (Å²) in [7, 11) is -3.90. The molecule has 4 aromatic rings. The van der Waals surface area contributed by atoms with Crippen LogP contribution in [0.15, 0.2) is 107 Å². The highest BCUT2D eigenvalue weighted by Crippen LogP contribution is 2.26. The number of para-hydroxylation sites is 1. The van der Waals surface area contributed by atoms with Gasteiger partial charge >= 0.3 is 0 Å². The molecule has 0 atom stereocenters. The second kappa shape index (κ2) is 10.5. The molecule has 0 aliphatic carbocycles. The molecule has 0 fully saturated rings. The molecule has 0 amide bonds. The van der Waals surface area contributed by atoms with Crippen LogP contribution in [-0.2, 0) is 29.7 Å². The summed E-state index contributed by atoms with van der Waals surface area (Å²) in [6.45, 7) is 1.95. The third-order valence-electron chi connectivity index (χ3n) is 5.37. The van der Waals surface area contributed by atoms with Gasteiger partial charge in [-0.3, -0.25) is 4.79 Å². The molecule has 4 rings (SSSR count). The average molecular weight is 476 g/mol. The summed E-state index contributed by atoms with van der Waals surface area (Å²) in [6.07, 6.45) is 1.51. The molecular formula is C27H25NO5S. The Balaban J connectivity index is 1.62. The minimum absolute atomic E-state index is 0.0524. The summed E-state index contributed by atoms with van der Waals surface area (Å²) >= 11 is 0. The van der Waals surface area contributed by atoms with E-state index < -0.39 is 10.0 Å². The fourth-order valence-electron chi connectivity index (χ4n) is 3.51. The lowest BCUT2D eigenvalue weighted by Crippen LogP contribution is -2.30. The Morgan fingerprint density at radius 3 is 2.24 bits per heavy atom. The highest BCUT2D eigenvalue weighted by Gasteiger charge is 2.27. The fraction of sp³-hybridized carbons (Fsp3) is 0.148. The summed E-state index contributed by atoms with van der Waals surface area (Å²) < 4.78 is 40.0. The molecule has 0 spiro atoms. The normalized spacial score (nSPS) is 11.5. The Bertz CT molecular complexity index is 1330. The smallest absolute Gasteiger partial charge is 0.243 e. The van der Waals surface area contributed by atoms with E-state index in [0.29, 0.717) is 23.7 Å². The number of benzene rings is 3. The molecule has 7 heteroatoms. The molecule has 0 aliphatic heterocycles. The van der Waals surface area contributed by atoms with Crippen LogP contribution in [-0.4, -0.2) is 18.5 Å². The topological polar surface area (TPSA) is 76.8 Å². The molecule has 174 valence electrons. The summed E-state index contributed by atoms with van der Waals surface area (Å²) in [4.78, 5) is 11.7. The van der Waals surface area contributed by atoms with E-state index in [0.717, 1.165) is 11.1 Å². The van der Waals surface area contributed by atoms with Crippen molar-refractivity contribution in [3.8, 4) is 5.75 Å². The number of hydrogen-bond acceptors (Lipinski definition) is 5. The van der Waals surface area contributed by atoms with Crippen LogP contribution in [0.3, 0.4) is 0 Å². The minimum atomic E-state index is -3.90. The van der Waals surface area contributed by atoms with Crippen LogP contribution in [0.5, 0.6) is 5.75 Å². The second-order valence-corrected chi connectivity index (χ2v) is 9.75. The lowest BCUT2D eigenvalue weighted by atomic mass is 10.2. The van der Waals surface area contributed by atoms with E-state index in [1.54, 1.807) is 12.1 Å². The molecule has 0 saturated heterocycles. The largest absolute Gasteiger partial charge is 0.489 e. The zero-order valence-electron chi connectivity index (χ0n) is 18.8. The summed E-state index contributed by atoms with van der Waals surface area (Å²) in [5, 5.41) is 0. The van der Waals surface area contributed by atoms with Crippen LogP contribution in [0.4, 0.5) is 0 Å². The Kier molecular flexibility index (Phi) is 7.25. The van der Waals surface area contributed by atoms with Crippen molar-refractivity contribution >= 4 is 15.8 Å². The van der Waals surface area contributed by atoms with E-state index in [1.165, 1.54) is 41.8 Å². The summed E-state index contributed by atoms with van der Waals surface area (Å²) in [5.41, 5.74) is 2.20. The number of ketones is 1. The monoisotopic (exact) mass is 475 g/mol. The van der Waals surface area contributed by atoms with Gasteiger partial charge in [0.15, 0.2) is 5.78 Å². The van der Waals surface area contributed by atoms with E-state index in [9.17, 15) is 13.2 Å². The van der Waals surface area contributed by atoms with Gasteiger partial charge in [0.25, 0.3) is 0 Å². The van der Waals surface area contributed by atoms with Crippen molar-refractivity contribution in [2.45, 2.75) is 31.5 Å². The lowest BCUT2D eigenvalue weighted by molar-refractivity contribution is 0.101. The van der Waals surface area contributed by atoms with Gasteiger partial charge in [0.1, 0.15) is 18.1 Å². The molecule has 6 nitrogen and oxygen atoms in total. The average Bonchev–Trinajstić information content (AvgIpc) is 3.37. The van der Waals surface area contributed by atoms with Crippen LogP contribution in [0.25, 0.3) is 0 Å². The van der Waals surface area contributed by atoms with Gasteiger partial charge in [0, 0.05) is 17.7 Å². The number of carbonyl (C=O) groups is 1. The van der Waals surface area contributed by atoms with Crippen LogP contribution in [0.2, 0.25) is 0 Å². The van der Waals surface area contributed by atoms with Gasteiger partial charge in [-0.1, -0.05) is 60.7 Å². The molecule has 1 aromatic heterocycles. The molecule has 0 N–H and O–H groups in total.